The maximum atomic E-state index is 12.5. The topological polar surface area (TPSA) is 98.1 Å². The second-order valence-electron chi connectivity index (χ2n) is 7.21. The molecule has 9 heteroatoms. The van der Waals surface area contributed by atoms with Gasteiger partial charge < -0.3 is 19.9 Å². The average molecular weight is 454 g/mol. The van der Waals surface area contributed by atoms with Crippen molar-refractivity contribution in [2.75, 3.05) is 18.2 Å². The van der Waals surface area contributed by atoms with Gasteiger partial charge in [-0.15, -0.1) is 10.2 Å². The minimum atomic E-state index is -0.359. The van der Waals surface area contributed by atoms with Crippen LogP contribution in [0.15, 0.2) is 53.7 Å². The lowest BCUT2D eigenvalue weighted by Gasteiger charge is -2.14. The summed E-state index contributed by atoms with van der Waals surface area (Å²) in [6.45, 7) is 3.93. The van der Waals surface area contributed by atoms with Gasteiger partial charge in [0.05, 0.1) is 18.9 Å². The van der Waals surface area contributed by atoms with E-state index in [1.54, 1.807) is 35.9 Å². The average Bonchev–Trinajstić information content (AvgIpc) is 3.18. The molecule has 0 aliphatic heterocycles. The van der Waals surface area contributed by atoms with Crippen molar-refractivity contribution in [3.63, 3.8) is 0 Å². The first-order chi connectivity index (χ1) is 15.4. The number of benzene rings is 2. The monoisotopic (exact) mass is 453 g/mol. The molecule has 8 nitrogen and oxygen atoms in total. The van der Waals surface area contributed by atoms with Gasteiger partial charge >= 0.3 is 0 Å². The van der Waals surface area contributed by atoms with Gasteiger partial charge in [-0.3, -0.25) is 9.59 Å². The lowest BCUT2D eigenvalue weighted by molar-refractivity contribution is -0.113. The van der Waals surface area contributed by atoms with Crippen molar-refractivity contribution in [2.24, 2.45) is 7.05 Å². The Hall–Kier alpha value is -3.33. The second kappa shape index (κ2) is 10.8. The van der Waals surface area contributed by atoms with Crippen LogP contribution >= 0.6 is 11.8 Å². The number of thioether (sulfide) groups is 1. The number of nitrogens with one attached hydrogen (secondary N) is 2. The minimum Gasteiger partial charge on any atom is -0.497 e. The Balaban J connectivity index is 1.55. The molecule has 3 rings (SSSR count). The summed E-state index contributed by atoms with van der Waals surface area (Å²) in [6, 6.07) is 14.3. The molecule has 0 spiro atoms. The highest BCUT2D eigenvalue weighted by molar-refractivity contribution is 7.99. The standard InChI is InChI=1S/C23H27N5O3S/c1-5-16-6-10-18(11-7-16)25-20(29)14-32-23-27-26-21(28(23)3)15(2)24-22(30)17-8-12-19(31-4)13-9-17/h6-13,15H,5,14H2,1-4H3,(H,24,30)(H,25,29)/t15-/m1/s1. The molecule has 1 heterocycles. The maximum Gasteiger partial charge on any atom is 0.251 e. The third-order valence-corrected chi connectivity index (χ3v) is 5.95. The van der Waals surface area contributed by atoms with E-state index in [1.807, 2.05) is 38.2 Å². The number of amides is 2. The van der Waals surface area contributed by atoms with Crippen molar-refractivity contribution in [1.82, 2.24) is 20.1 Å². The van der Waals surface area contributed by atoms with Gasteiger partial charge in [0, 0.05) is 18.3 Å². The van der Waals surface area contributed by atoms with Crippen molar-refractivity contribution in [3.8, 4) is 5.75 Å². The Kier molecular flexibility index (Phi) is 7.88. The summed E-state index contributed by atoms with van der Waals surface area (Å²) in [4.78, 5) is 24.8. The van der Waals surface area contributed by atoms with E-state index in [-0.39, 0.29) is 23.6 Å². The van der Waals surface area contributed by atoms with Gasteiger partial charge in [-0.05, 0) is 55.3 Å². The molecule has 0 saturated heterocycles. The second-order valence-corrected chi connectivity index (χ2v) is 8.15. The fourth-order valence-electron chi connectivity index (χ4n) is 3.07. The normalized spacial score (nSPS) is 11.6. The molecule has 2 amide bonds. The summed E-state index contributed by atoms with van der Waals surface area (Å²) in [5.41, 5.74) is 2.51. The highest BCUT2D eigenvalue weighted by Crippen LogP contribution is 2.20. The Morgan fingerprint density at radius 3 is 2.41 bits per heavy atom. The van der Waals surface area contributed by atoms with Crippen LogP contribution in [0.25, 0.3) is 0 Å². The van der Waals surface area contributed by atoms with Crippen LogP contribution in [-0.2, 0) is 18.3 Å². The highest BCUT2D eigenvalue weighted by Gasteiger charge is 2.19. The van der Waals surface area contributed by atoms with E-state index in [9.17, 15) is 9.59 Å². The molecule has 2 aromatic carbocycles. The Labute approximate surface area is 191 Å². The van der Waals surface area contributed by atoms with Crippen LogP contribution in [0.1, 0.15) is 41.6 Å². The van der Waals surface area contributed by atoms with Crippen molar-refractivity contribution < 1.29 is 14.3 Å². The molecule has 168 valence electrons. The van der Waals surface area contributed by atoms with Crippen LogP contribution in [0.5, 0.6) is 5.75 Å². The van der Waals surface area contributed by atoms with Gasteiger partial charge in [0.15, 0.2) is 11.0 Å². The fraction of sp³-hybridized carbons (Fsp3) is 0.304. The van der Waals surface area contributed by atoms with Crippen molar-refractivity contribution >= 4 is 29.3 Å². The zero-order valence-corrected chi connectivity index (χ0v) is 19.4. The number of hydrogen-bond acceptors (Lipinski definition) is 6. The van der Waals surface area contributed by atoms with Gasteiger partial charge in [0.25, 0.3) is 5.91 Å². The van der Waals surface area contributed by atoms with Gasteiger partial charge in [-0.2, -0.15) is 0 Å². The summed E-state index contributed by atoms with van der Waals surface area (Å²) < 4.78 is 6.90. The summed E-state index contributed by atoms with van der Waals surface area (Å²) in [5, 5.41) is 14.8. The molecule has 0 unspecified atom stereocenters. The molecule has 0 aliphatic rings. The number of anilines is 1. The Morgan fingerprint density at radius 2 is 1.78 bits per heavy atom. The number of nitrogens with zero attached hydrogens (tertiary/aromatic N) is 3. The summed E-state index contributed by atoms with van der Waals surface area (Å²) in [6.07, 6.45) is 0.956. The smallest absolute Gasteiger partial charge is 0.251 e. The van der Waals surface area contributed by atoms with Crippen LogP contribution in [-0.4, -0.2) is 39.4 Å². The number of hydrogen-bond donors (Lipinski definition) is 2. The molecule has 0 fully saturated rings. The van der Waals surface area contributed by atoms with Gasteiger partial charge in [-0.1, -0.05) is 30.8 Å². The first-order valence-electron chi connectivity index (χ1n) is 10.3. The Morgan fingerprint density at radius 1 is 1.09 bits per heavy atom. The number of carbonyl (C=O) groups excluding carboxylic acids is 2. The predicted molar refractivity (Wildman–Crippen MR) is 125 cm³/mol. The molecule has 1 atom stereocenters. The molecule has 0 bridgehead atoms. The largest absolute Gasteiger partial charge is 0.497 e. The summed E-state index contributed by atoms with van der Waals surface area (Å²) in [7, 11) is 3.39. The lowest BCUT2D eigenvalue weighted by atomic mass is 10.1. The predicted octanol–water partition coefficient (Wildman–Crippen LogP) is 3.61. The zero-order chi connectivity index (χ0) is 23.1. The first-order valence-corrected chi connectivity index (χ1v) is 11.3. The molecular formula is C23H27N5O3S. The molecule has 32 heavy (non-hydrogen) atoms. The minimum absolute atomic E-state index is 0.121. The molecule has 3 aromatic rings. The number of methoxy groups -OCH3 is 1. The molecular weight excluding hydrogens is 426 g/mol. The van der Waals surface area contributed by atoms with Crippen LogP contribution in [0.3, 0.4) is 0 Å². The van der Waals surface area contributed by atoms with E-state index in [2.05, 4.69) is 27.8 Å². The summed E-state index contributed by atoms with van der Waals surface area (Å²) >= 11 is 1.29. The number of ether oxygens (including phenoxy) is 1. The van der Waals surface area contributed by atoms with Crippen LogP contribution in [0.2, 0.25) is 0 Å². The van der Waals surface area contributed by atoms with Crippen molar-refractivity contribution in [1.29, 1.82) is 0 Å². The van der Waals surface area contributed by atoms with E-state index in [0.29, 0.717) is 22.3 Å². The quantitative estimate of drug-likeness (QED) is 0.481. The van der Waals surface area contributed by atoms with E-state index in [1.165, 1.54) is 17.3 Å². The molecule has 0 radical (unpaired) electrons. The lowest BCUT2D eigenvalue weighted by Crippen LogP contribution is -2.28. The number of rotatable bonds is 9. The maximum absolute atomic E-state index is 12.5. The third kappa shape index (κ3) is 5.88. The van der Waals surface area contributed by atoms with Crippen LogP contribution < -0.4 is 15.4 Å². The van der Waals surface area contributed by atoms with Crippen LogP contribution in [0.4, 0.5) is 5.69 Å². The van der Waals surface area contributed by atoms with Gasteiger partial charge in [-0.25, -0.2) is 0 Å². The Bertz CT molecular complexity index is 1060. The van der Waals surface area contributed by atoms with Crippen molar-refractivity contribution in [2.45, 2.75) is 31.5 Å². The molecule has 2 N–H and O–H groups in total. The molecule has 0 saturated carbocycles. The molecule has 1 aromatic heterocycles. The van der Waals surface area contributed by atoms with E-state index >= 15 is 0 Å². The summed E-state index contributed by atoms with van der Waals surface area (Å²) in [5.74, 6) is 1.15. The third-order valence-electron chi connectivity index (χ3n) is 4.93. The highest BCUT2D eigenvalue weighted by atomic mass is 32.2. The zero-order valence-electron chi connectivity index (χ0n) is 18.6. The fourth-order valence-corrected chi connectivity index (χ4v) is 3.78. The first kappa shape index (κ1) is 23.3. The van der Waals surface area contributed by atoms with E-state index in [0.717, 1.165) is 12.1 Å². The van der Waals surface area contributed by atoms with E-state index in [4.69, 9.17) is 4.74 Å². The number of carbonyl (C=O) groups is 2. The molecule has 0 aliphatic carbocycles. The SMILES string of the molecule is CCc1ccc(NC(=O)CSc2nnc([C@@H](C)NC(=O)c3ccc(OC)cc3)n2C)cc1. The number of aromatic nitrogens is 3. The number of aryl methyl sites for hydroxylation is 1. The van der Waals surface area contributed by atoms with E-state index < -0.39 is 0 Å². The van der Waals surface area contributed by atoms with Crippen molar-refractivity contribution in [3.05, 3.63) is 65.5 Å². The van der Waals surface area contributed by atoms with Gasteiger partial charge in [0.1, 0.15) is 5.75 Å². The van der Waals surface area contributed by atoms with Gasteiger partial charge in [0.2, 0.25) is 5.91 Å². The van der Waals surface area contributed by atoms with Crippen LogP contribution in [0, 0.1) is 0 Å².